The number of hydrogen-bond donors (Lipinski definition) is 2. The fourth-order valence-electron chi connectivity index (χ4n) is 2.15. The van der Waals surface area contributed by atoms with Gasteiger partial charge in [-0.05, 0) is 30.7 Å². The minimum absolute atomic E-state index is 0. The largest absolute Gasteiger partial charge is 0.356 e. The Bertz CT molecular complexity index is 379. The molecule has 3 nitrogen and oxygen atoms in total. The molecule has 4 heteroatoms. The molecule has 1 amide bonds. The fraction of sp³-hybridized carbons (Fsp3) is 0.562. The molecule has 114 valence electrons. The van der Waals surface area contributed by atoms with Gasteiger partial charge in [0, 0.05) is 19.0 Å². The van der Waals surface area contributed by atoms with Crippen molar-refractivity contribution >= 4 is 18.3 Å². The van der Waals surface area contributed by atoms with Crippen molar-refractivity contribution in [3.05, 3.63) is 35.9 Å². The van der Waals surface area contributed by atoms with Gasteiger partial charge in [-0.3, -0.25) is 4.79 Å². The van der Waals surface area contributed by atoms with Crippen LogP contribution in [0.2, 0.25) is 0 Å². The van der Waals surface area contributed by atoms with Gasteiger partial charge in [-0.25, -0.2) is 0 Å². The zero-order valence-electron chi connectivity index (χ0n) is 12.6. The SMILES string of the molecule is CC(N)CCNC(=O)CC(c1ccccc1)C(C)C.Cl. The van der Waals surface area contributed by atoms with Crippen molar-refractivity contribution in [1.29, 1.82) is 0 Å². The van der Waals surface area contributed by atoms with Gasteiger partial charge in [0.25, 0.3) is 0 Å². The van der Waals surface area contributed by atoms with E-state index >= 15 is 0 Å². The second-order valence-electron chi connectivity index (χ2n) is 5.58. The molecule has 3 N–H and O–H groups in total. The van der Waals surface area contributed by atoms with Gasteiger partial charge in [0.1, 0.15) is 0 Å². The predicted molar refractivity (Wildman–Crippen MR) is 87.2 cm³/mol. The molecule has 0 fully saturated rings. The number of amides is 1. The molecule has 20 heavy (non-hydrogen) atoms. The van der Waals surface area contributed by atoms with Crippen molar-refractivity contribution in [3.8, 4) is 0 Å². The van der Waals surface area contributed by atoms with E-state index in [1.54, 1.807) is 0 Å². The van der Waals surface area contributed by atoms with Crippen LogP contribution in [0.5, 0.6) is 0 Å². The summed E-state index contributed by atoms with van der Waals surface area (Å²) in [4.78, 5) is 12.0. The van der Waals surface area contributed by atoms with Gasteiger partial charge in [-0.2, -0.15) is 0 Å². The predicted octanol–water partition coefficient (Wildman–Crippen LogP) is 3.09. The van der Waals surface area contributed by atoms with E-state index in [4.69, 9.17) is 5.73 Å². The lowest BCUT2D eigenvalue weighted by Gasteiger charge is -2.21. The average Bonchev–Trinajstić information content (AvgIpc) is 2.36. The Kier molecular flexibility index (Phi) is 9.26. The van der Waals surface area contributed by atoms with Crippen LogP contribution in [-0.2, 0) is 4.79 Å². The maximum atomic E-state index is 12.0. The van der Waals surface area contributed by atoms with E-state index in [1.165, 1.54) is 5.56 Å². The maximum absolute atomic E-state index is 12.0. The van der Waals surface area contributed by atoms with Crippen LogP contribution in [0.3, 0.4) is 0 Å². The molecular formula is C16H27ClN2O. The number of halogens is 1. The molecule has 2 unspecified atom stereocenters. The highest BCUT2D eigenvalue weighted by molar-refractivity contribution is 5.85. The van der Waals surface area contributed by atoms with Gasteiger partial charge in [0.05, 0.1) is 0 Å². The number of rotatable bonds is 7. The summed E-state index contributed by atoms with van der Waals surface area (Å²) in [6, 6.07) is 10.4. The highest BCUT2D eigenvalue weighted by Gasteiger charge is 2.19. The van der Waals surface area contributed by atoms with Gasteiger partial charge in [-0.15, -0.1) is 12.4 Å². The Balaban J connectivity index is 0.00000361. The van der Waals surface area contributed by atoms with Crippen LogP contribution in [0.4, 0.5) is 0 Å². The molecular weight excluding hydrogens is 272 g/mol. The van der Waals surface area contributed by atoms with E-state index in [-0.39, 0.29) is 30.3 Å². The summed E-state index contributed by atoms with van der Waals surface area (Å²) in [7, 11) is 0. The normalized spacial score (nSPS) is 13.4. The minimum atomic E-state index is 0. The summed E-state index contributed by atoms with van der Waals surface area (Å²) in [6.07, 6.45) is 1.37. The van der Waals surface area contributed by atoms with E-state index in [0.717, 1.165) is 6.42 Å². The summed E-state index contributed by atoms with van der Waals surface area (Å²) in [5.41, 5.74) is 6.90. The van der Waals surface area contributed by atoms with Crippen LogP contribution >= 0.6 is 12.4 Å². The Morgan fingerprint density at radius 3 is 2.30 bits per heavy atom. The molecule has 2 atom stereocenters. The summed E-state index contributed by atoms with van der Waals surface area (Å²) in [6.45, 7) is 6.93. The topological polar surface area (TPSA) is 55.1 Å². The number of carbonyl (C=O) groups excluding carboxylic acids is 1. The maximum Gasteiger partial charge on any atom is 0.220 e. The van der Waals surface area contributed by atoms with Gasteiger partial charge in [0.15, 0.2) is 0 Å². The zero-order chi connectivity index (χ0) is 14.3. The highest BCUT2D eigenvalue weighted by atomic mass is 35.5. The highest BCUT2D eigenvalue weighted by Crippen LogP contribution is 2.27. The zero-order valence-corrected chi connectivity index (χ0v) is 13.5. The van der Waals surface area contributed by atoms with Crippen molar-refractivity contribution in [2.45, 2.75) is 45.6 Å². The molecule has 0 heterocycles. The number of carbonyl (C=O) groups is 1. The molecule has 0 bridgehead atoms. The standard InChI is InChI=1S/C16H26N2O.ClH/c1-12(2)15(14-7-5-4-6-8-14)11-16(19)18-10-9-13(3)17;/h4-8,12-13,15H,9-11,17H2,1-3H3,(H,18,19);1H. The quantitative estimate of drug-likeness (QED) is 0.813. The second kappa shape index (κ2) is 9.78. The van der Waals surface area contributed by atoms with E-state index in [2.05, 4.69) is 31.3 Å². The first-order valence-electron chi connectivity index (χ1n) is 7.08. The summed E-state index contributed by atoms with van der Waals surface area (Å²) in [5.74, 6) is 0.835. The van der Waals surface area contributed by atoms with Crippen LogP contribution in [0.15, 0.2) is 30.3 Å². The van der Waals surface area contributed by atoms with Gasteiger partial charge in [-0.1, -0.05) is 44.2 Å². The number of nitrogens with two attached hydrogens (primary N) is 1. The van der Waals surface area contributed by atoms with Gasteiger partial charge < -0.3 is 11.1 Å². The van der Waals surface area contributed by atoms with Crippen molar-refractivity contribution in [3.63, 3.8) is 0 Å². The molecule has 1 rings (SSSR count). The summed E-state index contributed by atoms with van der Waals surface area (Å²) in [5, 5.41) is 2.95. The summed E-state index contributed by atoms with van der Waals surface area (Å²) < 4.78 is 0. The molecule has 0 spiro atoms. The molecule has 0 aromatic heterocycles. The Labute approximate surface area is 128 Å². The molecule has 0 radical (unpaired) electrons. The van der Waals surface area contributed by atoms with E-state index < -0.39 is 0 Å². The monoisotopic (exact) mass is 298 g/mol. The lowest BCUT2D eigenvalue weighted by molar-refractivity contribution is -0.121. The third-order valence-corrected chi connectivity index (χ3v) is 3.36. The first-order valence-corrected chi connectivity index (χ1v) is 7.08. The number of hydrogen-bond acceptors (Lipinski definition) is 2. The molecule has 0 aliphatic carbocycles. The molecule has 0 aliphatic rings. The van der Waals surface area contributed by atoms with Crippen molar-refractivity contribution in [1.82, 2.24) is 5.32 Å². The fourth-order valence-corrected chi connectivity index (χ4v) is 2.15. The van der Waals surface area contributed by atoms with Crippen LogP contribution in [0, 0.1) is 5.92 Å². The second-order valence-corrected chi connectivity index (χ2v) is 5.58. The van der Waals surface area contributed by atoms with Crippen molar-refractivity contribution in [2.24, 2.45) is 11.7 Å². The molecule has 1 aromatic carbocycles. The first-order chi connectivity index (χ1) is 9.00. The first kappa shape index (κ1) is 18.9. The van der Waals surface area contributed by atoms with Crippen LogP contribution in [-0.4, -0.2) is 18.5 Å². The van der Waals surface area contributed by atoms with Gasteiger partial charge in [0.2, 0.25) is 5.91 Å². The summed E-state index contributed by atoms with van der Waals surface area (Å²) >= 11 is 0. The average molecular weight is 299 g/mol. The van der Waals surface area contributed by atoms with E-state index in [0.29, 0.717) is 18.9 Å². The lowest BCUT2D eigenvalue weighted by Crippen LogP contribution is -2.30. The van der Waals surface area contributed by atoms with Crippen LogP contribution < -0.4 is 11.1 Å². The Hall–Kier alpha value is -1.06. The van der Waals surface area contributed by atoms with Crippen LogP contribution in [0.1, 0.15) is 45.1 Å². The lowest BCUT2D eigenvalue weighted by atomic mass is 9.85. The van der Waals surface area contributed by atoms with Crippen LogP contribution in [0.25, 0.3) is 0 Å². The smallest absolute Gasteiger partial charge is 0.220 e. The molecule has 0 aliphatic heterocycles. The van der Waals surface area contributed by atoms with E-state index in [1.807, 2.05) is 25.1 Å². The third-order valence-electron chi connectivity index (χ3n) is 3.36. The van der Waals surface area contributed by atoms with Crippen molar-refractivity contribution < 1.29 is 4.79 Å². The number of benzene rings is 1. The third kappa shape index (κ3) is 6.92. The number of nitrogens with one attached hydrogen (secondary N) is 1. The minimum Gasteiger partial charge on any atom is -0.356 e. The molecule has 0 saturated carbocycles. The molecule has 0 saturated heterocycles. The van der Waals surface area contributed by atoms with Gasteiger partial charge >= 0.3 is 0 Å². The van der Waals surface area contributed by atoms with Crippen molar-refractivity contribution in [2.75, 3.05) is 6.54 Å². The Morgan fingerprint density at radius 1 is 1.20 bits per heavy atom. The van der Waals surface area contributed by atoms with E-state index in [9.17, 15) is 4.79 Å². The Morgan fingerprint density at radius 2 is 1.80 bits per heavy atom. The molecule has 1 aromatic rings.